The van der Waals surface area contributed by atoms with Gasteiger partial charge in [0, 0.05) is 15.8 Å². The summed E-state index contributed by atoms with van der Waals surface area (Å²) in [6.07, 6.45) is 7.97. The van der Waals surface area contributed by atoms with Crippen LogP contribution in [0.25, 0.3) is 0 Å². The summed E-state index contributed by atoms with van der Waals surface area (Å²) in [6, 6.07) is 5.27. The number of thiophene rings is 1. The van der Waals surface area contributed by atoms with E-state index in [4.69, 9.17) is 0 Å². The van der Waals surface area contributed by atoms with Gasteiger partial charge in [0.1, 0.15) is 0 Å². The summed E-state index contributed by atoms with van der Waals surface area (Å²) in [6.45, 7) is 10.6. The SMILES string of the molecule is CCCNC(c1ccc(CC)s1)C1CCCCC1(C)C. The Morgan fingerprint density at radius 3 is 2.70 bits per heavy atom. The van der Waals surface area contributed by atoms with E-state index in [2.05, 4.69) is 45.1 Å². The van der Waals surface area contributed by atoms with Crippen LogP contribution in [0.1, 0.15) is 75.6 Å². The van der Waals surface area contributed by atoms with E-state index in [1.165, 1.54) is 43.4 Å². The summed E-state index contributed by atoms with van der Waals surface area (Å²) in [5.41, 5.74) is 0.472. The predicted molar refractivity (Wildman–Crippen MR) is 90.5 cm³/mol. The Hall–Kier alpha value is -0.340. The standard InChI is InChI=1S/C18H31NS/c1-5-13-19-17(16-11-10-14(6-2)20-16)15-9-7-8-12-18(15,3)4/h10-11,15,17,19H,5-9,12-13H2,1-4H3. The molecular formula is C18H31NS. The van der Waals surface area contributed by atoms with E-state index in [9.17, 15) is 0 Å². The Balaban J connectivity index is 2.21. The van der Waals surface area contributed by atoms with Gasteiger partial charge in [-0.1, -0.05) is 40.5 Å². The Kier molecular flexibility index (Phi) is 5.68. The van der Waals surface area contributed by atoms with E-state index in [1.54, 1.807) is 4.88 Å². The predicted octanol–water partition coefficient (Wildman–Crippen LogP) is 5.57. The fourth-order valence-corrected chi connectivity index (χ4v) is 4.73. The fraction of sp³-hybridized carbons (Fsp3) is 0.778. The molecule has 0 radical (unpaired) electrons. The molecule has 1 fully saturated rings. The van der Waals surface area contributed by atoms with Crippen LogP contribution in [0.4, 0.5) is 0 Å². The molecule has 0 aliphatic heterocycles. The molecule has 1 aliphatic rings. The Morgan fingerprint density at radius 2 is 2.10 bits per heavy atom. The number of aryl methyl sites for hydroxylation is 1. The van der Waals surface area contributed by atoms with Crippen molar-refractivity contribution in [3.8, 4) is 0 Å². The highest BCUT2D eigenvalue weighted by atomic mass is 32.1. The fourth-order valence-electron chi connectivity index (χ4n) is 3.63. The van der Waals surface area contributed by atoms with Crippen LogP contribution in [0, 0.1) is 11.3 Å². The lowest BCUT2D eigenvalue weighted by Gasteiger charge is -2.43. The molecule has 1 N–H and O–H groups in total. The molecular weight excluding hydrogens is 262 g/mol. The van der Waals surface area contributed by atoms with Crippen molar-refractivity contribution in [2.45, 2.75) is 72.3 Å². The lowest BCUT2D eigenvalue weighted by atomic mass is 9.65. The highest BCUT2D eigenvalue weighted by molar-refractivity contribution is 7.12. The molecule has 0 spiro atoms. The van der Waals surface area contributed by atoms with Gasteiger partial charge < -0.3 is 5.32 Å². The largest absolute Gasteiger partial charge is 0.309 e. The second-order valence-corrected chi connectivity index (χ2v) is 8.13. The van der Waals surface area contributed by atoms with Gasteiger partial charge in [0.2, 0.25) is 0 Å². The maximum absolute atomic E-state index is 3.86. The third-order valence-electron chi connectivity index (χ3n) is 4.94. The molecule has 1 nitrogen and oxygen atoms in total. The van der Waals surface area contributed by atoms with Gasteiger partial charge in [0.15, 0.2) is 0 Å². The molecule has 0 saturated heterocycles. The molecule has 20 heavy (non-hydrogen) atoms. The monoisotopic (exact) mass is 293 g/mol. The van der Waals surface area contributed by atoms with Gasteiger partial charge in [0.05, 0.1) is 0 Å². The lowest BCUT2D eigenvalue weighted by Crippen LogP contribution is -2.39. The molecule has 0 aromatic carbocycles. The van der Waals surface area contributed by atoms with Crippen molar-refractivity contribution in [3.05, 3.63) is 21.9 Å². The van der Waals surface area contributed by atoms with E-state index in [1.807, 2.05) is 11.3 Å². The average molecular weight is 294 g/mol. The van der Waals surface area contributed by atoms with Gasteiger partial charge in [-0.15, -0.1) is 11.3 Å². The molecule has 1 aromatic heterocycles. The Labute approximate surface area is 129 Å². The molecule has 1 aliphatic carbocycles. The van der Waals surface area contributed by atoms with Gasteiger partial charge in [-0.3, -0.25) is 0 Å². The van der Waals surface area contributed by atoms with Gasteiger partial charge in [-0.05, 0) is 55.7 Å². The van der Waals surface area contributed by atoms with Crippen LogP contribution in [0.3, 0.4) is 0 Å². The lowest BCUT2D eigenvalue weighted by molar-refractivity contribution is 0.0994. The average Bonchev–Trinajstić information content (AvgIpc) is 2.89. The summed E-state index contributed by atoms with van der Waals surface area (Å²) in [5, 5.41) is 3.86. The maximum Gasteiger partial charge on any atom is 0.0448 e. The molecule has 2 heteroatoms. The molecule has 114 valence electrons. The van der Waals surface area contributed by atoms with Crippen LogP contribution in [-0.4, -0.2) is 6.54 Å². The number of nitrogens with one attached hydrogen (secondary N) is 1. The molecule has 2 rings (SSSR count). The van der Waals surface area contributed by atoms with Crippen LogP contribution < -0.4 is 5.32 Å². The van der Waals surface area contributed by atoms with E-state index >= 15 is 0 Å². The van der Waals surface area contributed by atoms with Gasteiger partial charge >= 0.3 is 0 Å². The highest BCUT2D eigenvalue weighted by Crippen LogP contribution is 2.47. The van der Waals surface area contributed by atoms with Crippen LogP contribution >= 0.6 is 11.3 Å². The summed E-state index contributed by atoms with van der Waals surface area (Å²) in [5.74, 6) is 0.783. The summed E-state index contributed by atoms with van der Waals surface area (Å²) >= 11 is 2.02. The third kappa shape index (κ3) is 3.65. The second kappa shape index (κ2) is 7.09. The quantitative estimate of drug-likeness (QED) is 0.723. The Morgan fingerprint density at radius 1 is 1.30 bits per heavy atom. The zero-order valence-electron chi connectivity index (χ0n) is 13.7. The first-order chi connectivity index (χ1) is 9.58. The van der Waals surface area contributed by atoms with Crippen molar-refractivity contribution < 1.29 is 0 Å². The third-order valence-corrected chi connectivity index (χ3v) is 6.26. The minimum Gasteiger partial charge on any atom is -0.309 e. The van der Waals surface area contributed by atoms with Crippen LogP contribution in [0.2, 0.25) is 0 Å². The summed E-state index contributed by atoms with van der Waals surface area (Å²) in [4.78, 5) is 3.09. The van der Waals surface area contributed by atoms with Gasteiger partial charge in [-0.2, -0.15) is 0 Å². The zero-order valence-corrected chi connectivity index (χ0v) is 14.5. The zero-order chi connectivity index (χ0) is 14.6. The topological polar surface area (TPSA) is 12.0 Å². The molecule has 1 saturated carbocycles. The van der Waals surface area contributed by atoms with E-state index in [0.29, 0.717) is 11.5 Å². The number of rotatable bonds is 6. The van der Waals surface area contributed by atoms with Gasteiger partial charge in [0.25, 0.3) is 0 Å². The van der Waals surface area contributed by atoms with Crippen LogP contribution in [0.5, 0.6) is 0 Å². The molecule has 0 bridgehead atoms. The van der Waals surface area contributed by atoms with E-state index < -0.39 is 0 Å². The number of hydrogen-bond donors (Lipinski definition) is 1. The molecule has 2 atom stereocenters. The smallest absolute Gasteiger partial charge is 0.0448 e. The maximum atomic E-state index is 3.86. The normalized spacial score (nSPS) is 23.7. The highest BCUT2D eigenvalue weighted by Gasteiger charge is 2.38. The van der Waals surface area contributed by atoms with Crippen molar-refractivity contribution in [1.82, 2.24) is 5.32 Å². The first-order valence-corrected chi connectivity index (χ1v) is 9.22. The Bertz CT molecular complexity index is 407. The first-order valence-electron chi connectivity index (χ1n) is 8.40. The molecule has 0 amide bonds. The van der Waals surface area contributed by atoms with Crippen molar-refractivity contribution >= 4 is 11.3 Å². The molecule has 1 aromatic rings. The minimum atomic E-state index is 0.472. The minimum absolute atomic E-state index is 0.472. The summed E-state index contributed by atoms with van der Waals surface area (Å²) in [7, 11) is 0. The summed E-state index contributed by atoms with van der Waals surface area (Å²) < 4.78 is 0. The first kappa shape index (κ1) is 16.0. The van der Waals surface area contributed by atoms with Crippen molar-refractivity contribution in [2.75, 3.05) is 6.54 Å². The van der Waals surface area contributed by atoms with Gasteiger partial charge in [-0.25, -0.2) is 0 Å². The second-order valence-electron chi connectivity index (χ2n) is 6.93. The molecule has 1 heterocycles. The molecule has 2 unspecified atom stereocenters. The van der Waals surface area contributed by atoms with Crippen molar-refractivity contribution in [2.24, 2.45) is 11.3 Å². The number of hydrogen-bond acceptors (Lipinski definition) is 2. The van der Waals surface area contributed by atoms with Crippen molar-refractivity contribution in [3.63, 3.8) is 0 Å². The van der Waals surface area contributed by atoms with Crippen LogP contribution in [-0.2, 0) is 6.42 Å². The van der Waals surface area contributed by atoms with E-state index in [0.717, 1.165) is 12.5 Å². The van der Waals surface area contributed by atoms with Crippen molar-refractivity contribution in [1.29, 1.82) is 0 Å². The van der Waals surface area contributed by atoms with E-state index in [-0.39, 0.29) is 0 Å². The van der Waals surface area contributed by atoms with Crippen LogP contribution in [0.15, 0.2) is 12.1 Å².